The zero-order valence-electron chi connectivity index (χ0n) is 23.1. The number of carbonyl (C=O) groups is 4. The molecule has 1 aliphatic heterocycles. The Morgan fingerprint density at radius 3 is 2.46 bits per heavy atom. The van der Waals surface area contributed by atoms with Crippen molar-refractivity contribution in [3.8, 4) is 17.2 Å². The molecule has 5 rings (SSSR count). The summed E-state index contributed by atoms with van der Waals surface area (Å²) in [6.07, 6.45) is 1.14. The summed E-state index contributed by atoms with van der Waals surface area (Å²) < 4.78 is 11.3. The van der Waals surface area contributed by atoms with E-state index in [9.17, 15) is 29.4 Å². The lowest BCUT2D eigenvalue weighted by atomic mass is 9.71. The van der Waals surface area contributed by atoms with Gasteiger partial charge >= 0.3 is 0 Å². The zero-order chi connectivity index (χ0) is 29.8. The number of nitrogens with one attached hydrogen (secondary N) is 1. The number of hydrogen-bond acceptors (Lipinski definition) is 8. The molecule has 3 N–H and O–H groups in total. The van der Waals surface area contributed by atoms with Crippen molar-refractivity contribution in [1.82, 2.24) is 10.2 Å². The van der Waals surface area contributed by atoms with Gasteiger partial charge in [-0.2, -0.15) is 0 Å². The Bertz CT molecular complexity index is 1750. The number of rotatable bonds is 6. The number of phenols is 1. The highest BCUT2D eigenvalue weighted by Crippen LogP contribution is 2.56. The molecule has 1 atom stereocenters. The van der Waals surface area contributed by atoms with Gasteiger partial charge in [-0.3, -0.25) is 19.2 Å². The minimum Gasteiger partial charge on any atom is -0.507 e. The van der Waals surface area contributed by atoms with E-state index in [-0.39, 0.29) is 46.6 Å². The van der Waals surface area contributed by atoms with Gasteiger partial charge in [0.1, 0.15) is 39.6 Å². The van der Waals surface area contributed by atoms with Crippen LogP contribution in [0.3, 0.4) is 0 Å². The molecule has 10 nitrogen and oxygen atoms in total. The Morgan fingerprint density at radius 1 is 1.10 bits per heavy atom. The molecule has 0 radical (unpaired) electrons. The predicted molar refractivity (Wildman–Crippen MR) is 149 cm³/mol. The second kappa shape index (κ2) is 9.81. The SMILES string of the molecule is COc1cc(O)c2c(c1C(=O)NCc1cc(C(=O)N(C)C)cc3ccccc13)OC1=CC(O)=C(C(C)=O)C(=O)[C@]12C. The van der Waals surface area contributed by atoms with E-state index < -0.39 is 34.2 Å². The quantitative estimate of drug-likeness (QED) is 0.390. The first-order chi connectivity index (χ1) is 19.4. The van der Waals surface area contributed by atoms with Crippen molar-refractivity contribution < 1.29 is 38.9 Å². The van der Waals surface area contributed by atoms with Gasteiger partial charge in [0, 0.05) is 38.3 Å². The van der Waals surface area contributed by atoms with Gasteiger partial charge in [-0.15, -0.1) is 0 Å². The Hall–Kier alpha value is -5.12. The minimum absolute atomic E-state index is 0.0144. The number of carbonyl (C=O) groups excluding carboxylic acids is 4. The standard InChI is InChI=1S/C31H28N2O8/c1-15(34)24-20(35)13-23-31(2,28(24)37)26-21(36)12-22(40-5)25(27(26)41-23)29(38)32-14-18-11-17(30(39)33(3)4)10-16-8-6-7-9-19(16)18/h6-13,35-36H,14H2,1-5H3,(H,32,38)/t31-/m1/s1. The summed E-state index contributed by atoms with van der Waals surface area (Å²) in [5.74, 6) is -3.35. The van der Waals surface area contributed by atoms with Gasteiger partial charge in [0.15, 0.2) is 17.3 Å². The number of methoxy groups -OCH3 is 1. The lowest BCUT2D eigenvalue weighted by Crippen LogP contribution is -2.38. The summed E-state index contributed by atoms with van der Waals surface area (Å²) in [4.78, 5) is 53.5. The van der Waals surface area contributed by atoms with Crippen LogP contribution >= 0.6 is 0 Å². The molecular weight excluding hydrogens is 528 g/mol. The number of allylic oxidation sites excluding steroid dienone is 3. The number of hydrogen-bond donors (Lipinski definition) is 3. The van der Waals surface area contributed by atoms with Crippen LogP contribution in [0.2, 0.25) is 0 Å². The van der Waals surface area contributed by atoms with Crippen LogP contribution in [0.25, 0.3) is 10.8 Å². The highest BCUT2D eigenvalue weighted by atomic mass is 16.5. The summed E-state index contributed by atoms with van der Waals surface area (Å²) in [5.41, 5.74) is -1.04. The Morgan fingerprint density at radius 2 is 1.80 bits per heavy atom. The van der Waals surface area contributed by atoms with Crippen molar-refractivity contribution in [2.24, 2.45) is 0 Å². The topological polar surface area (TPSA) is 142 Å². The van der Waals surface area contributed by atoms with Crippen LogP contribution in [0, 0.1) is 0 Å². The average Bonchev–Trinajstić information content (AvgIpc) is 3.23. The van der Waals surface area contributed by atoms with E-state index in [1.165, 1.54) is 25.0 Å². The molecule has 3 aromatic carbocycles. The van der Waals surface area contributed by atoms with Crippen LogP contribution in [-0.2, 0) is 21.5 Å². The molecule has 10 heteroatoms. The molecular formula is C31H28N2O8. The second-order valence-electron chi connectivity index (χ2n) is 10.3. The van der Waals surface area contributed by atoms with Crippen molar-refractivity contribution in [3.05, 3.63) is 87.9 Å². The fourth-order valence-corrected chi connectivity index (χ4v) is 5.40. The number of aromatic hydroxyl groups is 1. The molecule has 0 aromatic heterocycles. The number of aliphatic hydroxyl groups is 1. The largest absolute Gasteiger partial charge is 0.507 e. The van der Waals surface area contributed by atoms with Crippen molar-refractivity contribution in [2.45, 2.75) is 25.8 Å². The van der Waals surface area contributed by atoms with E-state index >= 15 is 0 Å². The Labute approximate surface area is 235 Å². The van der Waals surface area contributed by atoms with Gasteiger partial charge in [0.2, 0.25) is 0 Å². The van der Waals surface area contributed by atoms with Crippen molar-refractivity contribution in [1.29, 1.82) is 0 Å². The number of nitrogens with zero attached hydrogens (tertiary/aromatic N) is 1. The van der Waals surface area contributed by atoms with Gasteiger partial charge < -0.3 is 29.9 Å². The van der Waals surface area contributed by atoms with Crippen LogP contribution < -0.4 is 14.8 Å². The maximum atomic E-state index is 13.7. The highest BCUT2D eigenvalue weighted by molar-refractivity contribution is 6.25. The number of ketones is 2. The Balaban J connectivity index is 1.57. The van der Waals surface area contributed by atoms with E-state index in [1.807, 2.05) is 24.3 Å². The average molecular weight is 557 g/mol. The summed E-state index contributed by atoms with van der Waals surface area (Å²) >= 11 is 0. The van der Waals surface area contributed by atoms with Crippen LogP contribution in [0.5, 0.6) is 17.2 Å². The first-order valence-electron chi connectivity index (χ1n) is 12.7. The molecule has 0 saturated heterocycles. The summed E-state index contributed by atoms with van der Waals surface area (Å²) in [7, 11) is 4.63. The van der Waals surface area contributed by atoms with Crippen LogP contribution in [0.1, 0.15) is 45.7 Å². The van der Waals surface area contributed by atoms with Gasteiger partial charge in [-0.05, 0) is 42.3 Å². The molecule has 1 aliphatic carbocycles. The number of phenolic OH excluding ortho intramolecular Hbond substituents is 1. The lowest BCUT2D eigenvalue weighted by molar-refractivity contribution is -0.123. The number of ether oxygens (including phenoxy) is 2. The van der Waals surface area contributed by atoms with E-state index in [0.717, 1.165) is 23.8 Å². The zero-order valence-corrected chi connectivity index (χ0v) is 23.1. The van der Waals surface area contributed by atoms with Crippen LogP contribution in [-0.4, -0.2) is 59.7 Å². The van der Waals surface area contributed by atoms with Crippen LogP contribution in [0.4, 0.5) is 0 Å². The van der Waals surface area contributed by atoms with Crippen molar-refractivity contribution >= 4 is 34.2 Å². The minimum atomic E-state index is -1.66. The molecule has 41 heavy (non-hydrogen) atoms. The smallest absolute Gasteiger partial charge is 0.259 e. The highest BCUT2D eigenvalue weighted by Gasteiger charge is 2.55. The third kappa shape index (κ3) is 4.19. The molecule has 1 heterocycles. The predicted octanol–water partition coefficient (Wildman–Crippen LogP) is 3.70. The molecule has 2 aliphatic rings. The molecule has 0 spiro atoms. The van der Waals surface area contributed by atoms with Gasteiger partial charge in [-0.25, -0.2) is 0 Å². The summed E-state index contributed by atoms with van der Waals surface area (Å²) in [6, 6.07) is 12.2. The maximum absolute atomic E-state index is 13.7. The van der Waals surface area contributed by atoms with Crippen molar-refractivity contribution in [2.75, 3.05) is 21.2 Å². The molecule has 0 fully saturated rings. The second-order valence-corrected chi connectivity index (χ2v) is 10.3. The normalized spacial score (nSPS) is 17.4. The number of benzene rings is 3. The lowest BCUT2D eigenvalue weighted by Gasteiger charge is -2.27. The van der Waals surface area contributed by atoms with Gasteiger partial charge in [-0.1, -0.05) is 24.3 Å². The number of amides is 2. The fraction of sp³-hybridized carbons (Fsp3) is 0.226. The van der Waals surface area contributed by atoms with Gasteiger partial charge in [0.05, 0.1) is 12.7 Å². The van der Waals surface area contributed by atoms with Crippen LogP contribution in [0.15, 0.2) is 65.6 Å². The van der Waals surface area contributed by atoms with Crippen molar-refractivity contribution in [3.63, 3.8) is 0 Å². The first kappa shape index (κ1) is 27.4. The van der Waals surface area contributed by atoms with E-state index in [2.05, 4.69) is 5.32 Å². The maximum Gasteiger partial charge on any atom is 0.259 e. The van der Waals surface area contributed by atoms with E-state index in [4.69, 9.17) is 9.47 Å². The number of Topliss-reactive ketones (excluding diaryl/α,β-unsaturated/α-hetero) is 2. The van der Waals surface area contributed by atoms with E-state index in [0.29, 0.717) is 11.1 Å². The monoisotopic (exact) mass is 556 g/mol. The van der Waals surface area contributed by atoms with E-state index in [1.54, 1.807) is 26.2 Å². The molecule has 2 amide bonds. The third-order valence-corrected chi connectivity index (χ3v) is 7.47. The molecule has 210 valence electrons. The molecule has 0 saturated carbocycles. The molecule has 0 bridgehead atoms. The molecule has 3 aromatic rings. The molecule has 0 unspecified atom stereocenters. The first-order valence-corrected chi connectivity index (χ1v) is 12.7. The number of fused-ring (bicyclic) bond motifs is 4. The third-order valence-electron chi connectivity index (χ3n) is 7.47. The van der Waals surface area contributed by atoms with Gasteiger partial charge in [0.25, 0.3) is 11.8 Å². The fourth-order valence-electron chi connectivity index (χ4n) is 5.40. The summed E-state index contributed by atoms with van der Waals surface area (Å²) in [6.45, 7) is 2.64. The number of aliphatic hydroxyl groups excluding tert-OH is 1. The Kier molecular flexibility index (Phi) is 6.57. The summed E-state index contributed by atoms with van der Waals surface area (Å²) in [5, 5.41) is 25.8.